The van der Waals surface area contributed by atoms with Gasteiger partial charge in [0.25, 0.3) is 0 Å². The number of Topliss-reactive ketones (excluding diaryl/α,β-unsaturated/α-hetero) is 2. The maximum absolute atomic E-state index is 11.0. The Kier molecular flexibility index (Phi) is 4.70. The minimum absolute atomic E-state index is 0.718. The van der Waals surface area contributed by atoms with Gasteiger partial charge in [-0.1, -0.05) is 0 Å². The Balaban J connectivity index is 5.20. The van der Waals surface area contributed by atoms with Crippen molar-refractivity contribution in [1.82, 2.24) is 0 Å². The fourth-order valence-corrected chi connectivity index (χ4v) is 1.30. The molecule has 10 heteroatoms. The molecular weight excluding hydrogens is 259 g/mol. The first-order valence-electron chi connectivity index (χ1n) is 4.14. The Hall–Kier alpha value is -1.12. The summed E-state index contributed by atoms with van der Waals surface area (Å²) in [6.07, 6.45) is -2.72. The SMILES string of the molecule is CC(=O)C(O)(C(C)=O)C(O)C(=O)OP(=O)(O)O. The van der Waals surface area contributed by atoms with Crippen molar-refractivity contribution in [3.05, 3.63) is 0 Å². The number of ketones is 2. The van der Waals surface area contributed by atoms with Crippen LogP contribution in [0.25, 0.3) is 0 Å². The lowest BCUT2D eigenvalue weighted by atomic mass is 9.88. The molecule has 0 saturated carbocycles. The highest BCUT2D eigenvalue weighted by Crippen LogP contribution is 2.37. The van der Waals surface area contributed by atoms with Crippen LogP contribution in [0.1, 0.15) is 13.8 Å². The van der Waals surface area contributed by atoms with E-state index in [0.717, 1.165) is 13.8 Å². The van der Waals surface area contributed by atoms with Crippen LogP contribution in [-0.2, 0) is 23.5 Å². The van der Waals surface area contributed by atoms with Crippen LogP contribution in [-0.4, -0.2) is 49.2 Å². The average Bonchev–Trinajstić information content (AvgIpc) is 2.11. The first-order valence-corrected chi connectivity index (χ1v) is 5.67. The lowest BCUT2D eigenvalue weighted by Gasteiger charge is -2.26. The van der Waals surface area contributed by atoms with Crippen LogP contribution in [0, 0.1) is 0 Å². The van der Waals surface area contributed by atoms with Gasteiger partial charge in [-0.05, 0) is 13.8 Å². The van der Waals surface area contributed by atoms with Crippen LogP contribution in [0.3, 0.4) is 0 Å². The Morgan fingerprint density at radius 1 is 1.18 bits per heavy atom. The molecule has 1 unspecified atom stereocenters. The Bertz CT molecular complexity index is 380. The zero-order chi connectivity index (χ0) is 14.0. The summed E-state index contributed by atoms with van der Waals surface area (Å²) in [5.41, 5.74) is -3.09. The molecule has 1 atom stereocenters. The molecule has 17 heavy (non-hydrogen) atoms. The van der Waals surface area contributed by atoms with Gasteiger partial charge in [-0.3, -0.25) is 19.4 Å². The summed E-state index contributed by atoms with van der Waals surface area (Å²) in [4.78, 5) is 49.5. The third kappa shape index (κ3) is 3.69. The minimum atomic E-state index is -5.25. The number of carbonyl (C=O) groups is 3. The molecule has 0 aliphatic heterocycles. The van der Waals surface area contributed by atoms with E-state index in [1.54, 1.807) is 0 Å². The highest BCUT2D eigenvalue weighted by atomic mass is 31.2. The highest BCUT2D eigenvalue weighted by Gasteiger charge is 2.51. The molecule has 0 aromatic rings. The second-order valence-corrected chi connectivity index (χ2v) is 4.35. The summed E-state index contributed by atoms with van der Waals surface area (Å²) in [6.45, 7) is 1.44. The molecular formula is C7H11O9P. The van der Waals surface area contributed by atoms with Gasteiger partial charge in [0.15, 0.2) is 17.7 Å². The normalized spacial score (nSPS) is 14.0. The molecule has 0 aromatic heterocycles. The topological polar surface area (TPSA) is 158 Å². The van der Waals surface area contributed by atoms with Gasteiger partial charge in [-0.15, -0.1) is 0 Å². The molecule has 0 fully saturated rings. The van der Waals surface area contributed by atoms with Gasteiger partial charge in [0.1, 0.15) is 0 Å². The summed E-state index contributed by atoms with van der Waals surface area (Å²) in [7, 11) is -5.25. The van der Waals surface area contributed by atoms with E-state index in [0.29, 0.717) is 0 Å². The fraction of sp³-hybridized carbons (Fsp3) is 0.571. The number of aliphatic hydroxyl groups excluding tert-OH is 1. The fourth-order valence-electron chi connectivity index (χ4n) is 0.971. The summed E-state index contributed by atoms with van der Waals surface area (Å²) in [5, 5.41) is 18.7. The predicted molar refractivity (Wildman–Crippen MR) is 50.5 cm³/mol. The third-order valence-corrected chi connectivity index (χ3v) is 2.32. The summed E-state index contributed by atoms with van der Waals surface area (Å²) >= 11 is 0. The number of aliphatic hydroxyl groups is 2. The summed E-state index contributed by atoms with van der Waals surface area (Å²) in [6, 6.07) is 0. The molecule has 0 aliphatic carbocycles. The van der Waals surface area contributed by atoms with Gasteiger partial charge in [0.2, 0.25) is 5.60 Å². The van der Waals surface area contributed by atoms with Crippen LogP contribution in [0.2, 0.25) is 0 Å². The van der Waals surface area contributed by atoms with E-state index in [9.17, 15) is 29.2 Å². The molecule has 0 aliphatic rings. The minimum Gasteiger partial charge on any atom is -0.378 e. The van der Waals surface area contributed by atoms with Crippen molar-refractivity contribution in [2.24, 2.45) is 0 Å². The largest absolute Gasteiger partial charge is 0.527 e. The Morgan fingerprint density at radius 2 is 1.53 bits per heavy atom. The van der Waals surface area contributed by atoms with Crippen LogP contribution >= 0.6 is 7.82 Å². The van der Waals surface area contributed by atoms with Gasteiger partial charge in [0.05, 0.1) is 0 Å². The monoisotopic (exact) mass is 270 g/mol. The Morgan fingerprint density at radius 3 is 1.76 bits per heavy atom. The van der Waals surface area contributed by atoms with E-state index >= 15 is 0 Å². The van der Waals surface area contributed by atoms with E-state index in [2.05, 4.69) is 4.52 Å². The lowest BCUT2D eigenvalue weighted by molar-refractivity contribution is -0.174. The van der Waals surface area contributed by atoms with Crippen LogP contribution in [0.5, 0.6) is 0 Å². The zero-order valence-electron chi connectivity index (χ0n) is 8.85. The van der Waals surface area contributed by atoms with Crippen molar-refractivity contribution in [2.45, 2.75) is 25.6 Å². The van der Waals surface area contributed by atoms with Crippen LogP contribution < -0.4 is 0 Å². The van der Waals surface area contributed by atoms with Gasteiger partial charge in [-0.2, -0.15) is 0 Å². The van der Waals surface area contributed by atoms with Gasteiger partial charge in [0, 0.05) is 0 Å². The Labute approximate surface area is 95.3 Å². The van der Waals surface area contributed by atoms with Crippen LogP contribution in [0.15, 0.2) is 0 Å². The van der Waals surface area contributed by atoms with Crippen molar-refractivity contribution in [2.75, 3.05) is 0 Å². The lowest BCUT2D eigenvalue weighted by Crippen LogP contribution is -2.57. The maximum atomic E-state index is 11.0. The number of phosphoric ester groups is 1. The number of hydrogen-bond donors (Lipinski definition) is 4. The van der Waals surface area contributed by atoms with Crippen molar-refractivity contribution >= 4 is 25.4 Å². The van der Waals surface area contributed by atoms with Crippen molar-refractivity contribution in [3.8, 4) is 0 Å². The van der Waals surface area contributed by atoms with E-state index in [1.807, 2.05) is 0 Å². The molecule has 0 rings (SSSR count). The molecule has 0 spiro atoms. The smallest absolute Gasteiger partial charge is 0.378 e. The van der Waals surface area contributed by atoms with Crippen molar-refractivity contribution in [3.63, 3.8) is 0 Å². The molecule has 0 heterocycles. The quantitative estimate of drug-likeness (QED) is 0.324. The van der Waals surface area contributed by atoms with E-state index in [-0.39, 0.29) is 0 Å². The number of rotatable bonds is 5. The molecule has 0 radical (unpaired) electrons. The summed E-state index contributed by atoms with van der Waals surface area (Å²) in [5.74, 6) is -4.51. The predicted octanol–water partition coefficient (Wildman–Crippen LogP) is -2.11. The first-order chi connectivity index (χ1) is 7.43. The van der Waals surface area contributed by atoms with Gasteiger partial charge < -0.3 is 14.7 Å². The van der Waals surface area contributed by atoms with Gasteiger partial charge >= 0.3 is 13.8 Å². The third-order valence-electron chi connectivity index (χ3n) is 1.90. The number of hydrogen-bond acceptors (Lipinski definition) is 7. The molecule has 9 nitrogen and oxygen atoms in total. The molecule has 0 bridgehead atoms. The number of carbonyl (C=O) groups excluding carboxylic acids is 3. The van der Waals surface area contributed by atoms with Crippen molar-refractivity contribution < 1.29 is 43.5 Å². The second-order valence-electron chi connectivity index (χ2n) is 3.18. The zero-order valence-corrected chi connectivity index (χ0v) is 9.75. The van der Waals surface area contributed by atoms with E-state index < -0.39 is 37.1 Å². The molecule has 0 amide bonds. The average molecular weight is 270 g/mol. The molecule has 0 saturated heterocycles. The summed E-state index contributed by atoms with van der Waals surface area (Å²) < 4.78 is 13.8. The highest BCUT2D eigenvalue weighted by molar-refractivity contribution is 7.46. The van der Waals surface area contributed by atoms with E-state index in [1.165, 1.54) is 0 Å². The first kappa shape index (κ1) is 15.9. The molecule has 0 aromatic carbocycles. The van der Waals surface area contributed by atoms with Gasteiger partial charge in [-0.25, -0.2) is 9.36 Å². The second kappa shape index (κ2) is 5.03. The molecule has 98 valence electrons. The standard InChI is InChI=1S/C7H11O9P/c1-3(8)7(12,4(2)9)5(10)6(11)16-17(13,14)15/h5,10,12H,1-2H3,(H2,13,14,15). The van der Waals surface area contributed by atoms with E-state index in [4.69, 9.17) is 9.79 Å². The number of phosphoric acid groups is 1. The van der Waals surface area contributed by atoms with Crippen molar-refractivity contribution in [1.29, 1.82) is 0 Å². The van der Waals surface area contributed by atoms with Crippen LogP contribution in [0.4, 0.5) is 0 Å². The maximum Gasteiger partial charge on any atom is 0.527 e. The molecule has 4 N–H and O–H groups in total.